The number of para-hydroxylation sites is 1. The van der Waals surface area contributed by atoms with E-state index >= 15 is 0 Å². The number of aromatic nitrogens is 4. The number of hydrogen-bond donors (Lipinski definition) is 0. The van der Waals surface area contributed by atoms with Gasteiger partial charge in [-0.05, 0) is 29.0 Å². The summed E-state index contributed by atoms with van der Waals surface area (Å²) in [4.78, 5) is 4.48. The quantitative estimate of drug-likeness (QED) is 0.760. The molecule has 0 bridgehead atoms. The van der Waals surface area contributed by atoms with Gasteiger partial charge in [-0.1, -0.05) is 19.1 Å². The van der Waals surface area contributed by atoms with E-state index in [9.17, 15) is 4.39 Å². The molecule has 0 N–H and O–H groups in total. The Hall–Kier alpha value is -2.06. The second-order valence-electron chi connectivity index (χ2n) is 6.15. The molecule has 8 heteroatoms. The summed E-state index contributed by atoms with van der Waals surface area (Å²) in [6, 6.07) is 7.12. The van der Waals surface area contributed by atoms with E-state index in [0.29, 0.717) is 18.8 Å². The van der Waals surface area contributed by atoms with Gasteiger partial charge in [0, 0.05) is 33.3 Å². The maximum Gasteiger partial charge on any atom is 0.168 e. The van der Waals surface area contributed by atoms with E-state index in [2.05, 4.69) is 32.2 Å². The van der Waals surface area contributed by atoms with Crippen LogP contribution in [0.15, 0.2) is 24.3 Å². The lowest BCUT2D eigenvalue weighted by Gasteiger charge is -2.39. The number of anilines is 1. The molecule has 1 aliphatic rings. The molecule has 0 unspecified atom stereocenters. The second-order valence-corrected chi connectivity index (χ2v) is 6.15. The summed E-state index contributed by atoms with van der Waals surface area (Å²) in [5, 5.41) is 12.2. The zero-order valence-electron chi connectivity index (χ0n) is 14.8. The summed E-state index contributed by atoms with van der Waals surface area (Å²) in [5.74, 6) is 0.713. The fraction of sp³-hybridized carbons (Fsp3) is 0.588. The van der Waals surface area contributed by atoms with Crippen LogP contribution in [0.4, 0.5) is 10.1 Å². The number of tetrazole rings is 1. The lowest BCUT2D eigenvalue weighted by atomic mass is 10.1. The largest absolute Gasteiger partial charge is 0.383 e. The minimum atomic E-state index is -0.161. The van der Waals surface area contributed by atoms with Gasteiger partial charge in [0.05, 0.1) is 24.9 Å². The Morgan fingerprint density at radius 3 is 2.64 bits per heavy atom. The molecule has 1 saturated heterocycles. The van der Waals surface area contributed by atoms with Crippen LogP contribution in [0, 0.1) is 5.82 Å². The third kappa shape index (κ3) is 3.96. The molecule has 0 radical (unpaired) electrons. The van der Waals surface area contributed by atoms with Crippen LogP contribution in [0.25, 0.3) is 0 Å². The molecule has 3 rings (SSSR count). The van der Waals surface area contributed by atoms with Crippen LogP contribution in [0.2, 0.25) is 0 Å². The van der Waals surface area contributed by atoms with E-state index < -0.39 is 0 Å². The van der Waals surface area contributed by atoms with Crippen LogP contribution < -0.4 is 4.90 Å². The number of methoxy groups -OCH3 is 1. The van der Waals surface area contributed by atoms with E-state index in [0.717, 1.165) is 38.4 Å². The van der Waals surface area contributed by atoms with Gasteiger partial charge in [-0.15, -0.1) is 5.10 Å². The molecule has 7 nitrogen and oxygen atoms in total. The fourth-order valence-electron chi connectivity index (χ4n) is 3.37. The van der Waals surface area contributed by atoms with Gasteiger partial charge >= 0.3 is 0 Å². The average Bonchev–Trinajstić information content (AvgIpc) is 3.10. The van der Waals surface area contributed by atoms with Crippen molar-refractivity contribution in [2.45, 2.75) is 25.9 Å². The standard InChI is InChI=1S/C17H25FN6O/c1-3-15(17-19-20-21-24(17)12-13-25-2)22-8-10-23(11-9-22)16-7-5-4-6-14(16)18/h4-7,15H,3,8-13H2,1-2H3/t15-/m1/s1. The van der Waals surface area contributed by atoms with Crippen LogP contribution in [0.3, 0.4) is 0 Å². The first-order valence-corrected chi connectivity index (χ1v) is 8.73. The van der Waals surface area contributed by atoms with E-state index in [1.807, 2.05) is 16.8 Å². The Kier molecular flexibility index (Phi) is 5.93. The molecule has 1 aromatic carbocycles. The average molecular weight is 348 g/mol. The molecule has 1 aliphatic heterocycles. The summed E-state index contributed by atoms with van der Waals surface area (Å²) >= 11 is 0. The van der Waals surface area contributed by atoms with Gasteiger partial charge in [0.25, 0.3) is 0 Å². The monoisotopic (exact) mass is 348 g/mol. The molecule has 0 amide bonds. The Morgan fingerprint density at radius 2 is 1.96 bits per heavy atom. The summed E-state index contributed by atoms with van der Waals surface area (Å²) in [6.07, 6.45) is 0.924. The van der Waals surface area contributed by atoms with E-state index in [1.54, 1.807) is 13.2 Å². The van der Waals surface area contributed by atoms with Crippen molar-refractivity contribution in [3.05, 3.63) is 35.9 Å². The molecule has 0 spiro atoms. The van der Waals surface area contributed by atoms with Crippen LogP contribution in [0.5, 0.6) is 0 Å². The van der Waals surface area contributed by atoms with Crippen LogP contribution in [-0.2, 0) is 11.3 Å². The van der Waals surface area contributed by atoms with Crippen molar-refractivity contribution in [1.29, 1.82) is 0 Å². The zero-order chi connectivity index (χ0) is 17.6. The molecule has 25 heavy (non-hydrogen) atoms. The number of ether oxygens (including phenoxy) is 1. The summed E-state index contributed by atoms with van der Waals surface area (Å²) in [5.41, 5.74) is 0.681. The summed E-state index contributed by atoms with van der Waals surface area (Å²) in [7, 11) is 1.67. The smallest absolute Gasteiger partial charge is 0.168 e. The second kappa shape index (κ2) is 8.35. The van der Waals surface area contributed by atoms with Gasteiger partial charge < -0.3 is 9.64 Å². The van der Waals surface area contributed by atoms with Crippen molar-refractivity contribution in [3.8, 4) is 0 Å². The highest BCUT2D eigenvalue weighted by atomic mass is 19.1. The van der Waals surface area contributed by atoms with Gasteiger partial charge in [-0.3, -0.25) is 4.90 Å². The molecule has 2 heterocycles. The Balaban J connectivity index is 1.67. The van der Waals surface area contributed by atoms with E-state index in [1.165, 1.54) is 6.07 Å². The Bertz CT molecular complexity index is 671. The molecule has 1 atom stereocenters. The summed E-state index contributed by atoms with van der Waals surface area (Å²) < 4.78 is 20.9. The van der Waals surface area contributed by atoms with Crippen molar-refractivity contribution >= 4 is 5.69 Å². The molecular weight excluding hydrogens is 323 g/mol. The lowest BCUT2D eigenvalue weighted by molar-refractivity contribution is 0.156. The SMILES string of the molecule is CC[C@H](c1nnnn1CCOC)N1CCN(c2ccccc2F)CC1. The maximum absolute atomic E-state index is 14.0. The number of nitrogens with zero attached hydrogens (tertiary/aromatic N) is 6. The van der Waals surface area contributed by atoms with Crippen molar-refractivity contribution in [3.63, 3.8) is 0 Å². The predicted molar refractivity (Wildman–Crippen MR) is 92.9 cm³/mol. The number of hydrogen-bond acceptors (Lipinski definition) is 6. The van der Waals surface area contributed by atoms with E-state index in [-0.39, 0.29) is 11.9 Å². The molecule has 2 aromatic rings. The van der Waals surface area contributed by atoms with Gasteiger partial charge in [0.15, 0.2) is 5.82 Å². The molecule has 1 aromatic heterocycles. The fourth-order valence-corrected chi connectivity index (χ4v) is 3.37. The van der Waals surface area contributed by atoms with Crippen molar-refractivity contribution in [2.24, 2.45) is 0 Å². The van der Waals surface area contributed by atoms with E-state index in [4.69, 9.17) is 4.74 Å². The maximum atomic E-state index is 14.0. The summed E-state index contributed by atoms with van der Waals surface area (Å²) in [6.45, 7) is 6.64. The third-order valence-corrected chi connectivity index (χ3v) is 4.70. The first-order chi connectivity index (χ1) is 12.2. The number of piperazine rings is 1. The molecule has 0 saturated carbocycles. The third-order valence-electron chi connectivity index (χ3n) is 4.70. The van der Waals surface area contributed by atoms with Crippen molar-refractivity contribution in [1.82, 2.24) is 25.1 Å². The highest BCUT2D eigenvalue weighted by Gasteiger charge is 2.28. The van der Waals surface area contributed by atoms with Crippen molar-refractivity contribution in [2.75, 3.05) is 44.8 Å². The van der Waals surface area contributed by atoms with Crippen LogP contribution in [-0.4, -0.2) is 65.0 Å². The van der Waals surface area contributed by atoms with Crippen LogP contribution >= 0.6 is 0 Å². The first kappa shape index (κ1) is 17.8. The van der Waals surface area contributed by atoms with Crippen molar-refractivity contribution < 1.29 is 9.13 Å². The Morgan fingerprint density at radius 1 is 1.20 bits per heavy atom. The highest BCUT2D eigenvalue weighted by Crippen LogP contribution is 2.26. The number of benzene rings is 1. The molecular formula is C17H25FN6O. The predicted octanol–water partition coefficient (Wildman–Crippen LogP) is 1.73. The normalized spacial score (nSPS) is 17.0. The highest BCUT2D eigenvalue weighted by molar-refractivity contribution is 5.48. The first-order valence-electron chi connectivity index (χ1n) is 8.73. The Labute approximate surface area is 147 Å². The lowest BCUT2D eigenvalue weighted by Crippen LogP contribution is -2.48. The minimum Gasteiger partial charge on any atom is -0.383 e. The van der Waals surface area contributed by atoms with Gasteiger partial charge in [0.1, 0.15) is 5.82 Å². The van der Waals surface area contributed by atoms with Gasteiger partial charge in [-0.2, -0.15) is 0 Å². The van der Waals surface area contributed by atoms with Gasteiger partial charge in [0.2, 0.25) is 0 Å². The van der Waals surface area contributed by atoms with Crippen LogP contribution in [0.1, 0.15) is 25.2 Å². The number of rotatable bonds is 7. The molecule has 0 aliphatic carbocycles. The molecule has 136 valence electrons. The minimum absolute atomic E-state index is 0.161. The topological polar surface area (TPSA) is 59.3 Å². The zero-order valence-corrected chi connectivity index (χ0v) is 14.8. The van der Waals surface area contributed by atoms with Gasteiger partial charge in [-0.25, -0.2) is 9.07 Å². The molecule has 1 fully saturated rings. The number of halogens is 1.